The highest BCUT2D eigenvalue weighted by atomic mass is 16.5. The fraction of sp³-hybridized carbons (Fsp3) is 0.429. The third-order valence-corrected chi connectivity index (χ3v) is 4.93. The molecule has 0 radical (unpaired) electrons. The van der Waals surface area contributed by atoms with Crippen molar-refractivity contribution in [3.63, 3.8) is 0 Å². The van der Waals surface area contributed by atoms with Gasteiger partial charge in [0, 0.05) is 37.6 Å². The van der Waals surface area contributed by atoms with Crippen molar-refractivity contribution in [3.8, 4) is 0 Å². The van der Waals surface area contributed by atoms with Gasteiger partial charge in [-0.05, 0) is 36.5 Å². The highest BCUT2D eigenvalue weighted by Crippen LogP contribution is 2.21. The van der Waals surface area contributed by atoms with E-state index in [2.05, 4.69) is 39.2 Å². The standard InChI is InChI=1S/C21H29N5O/c1-16-9-11-26(12-10-16)20-8-7-17(13-23-20)14-24-21(22)25-19-6-4-3-5-18(19)15-27-2/h3-8,13,16H,9-12,14-15H2,1-2H3,(H3,22,24,25). The van der Waals surface area contributed by atoms with E-state index in [1.54, 1.807) is 7.11 Å². The maximum absolute atomic E-state index is 6.05. The van der Waals surface area contributed by atoms with Gasteiger partial charge in [-0.25, -0.2) is 9.98 Å². The fourth-order valence-corrected chi connectivity index (χ4v) is 3.21. The van der Waals surface area contributed by atoms with Gasteiger partial charge in [0.15, 0.2) is 5.96 Å². The molecule has 0 bridgehead atoms. The average molecular weight is 367 g/mol. The molecule has 3 N–H and O–H groups in total. The van der Waals surface area contributed by atoms with Crippen LogP contribution in [0.5, 0.6) is 0 Å². The summed E-state index contributed by atoms with van der Waals surface area (Å²) in [5.74, 6) is 2.25. The van der Waals surface area contributed by atoms with E-state index in [0.29, 0.717) is 19.1 Å². The number of hydrogen-bond donors (Lipinski definition) is 2. The first-order valence-corrected chi connectivity index (χ1v) is 9.49. The number of piperidine rings is 1. The number of anilines is 2. The van der Waals surface area contributed by atoms with Gasteiger partial charge in [0.05, 0.1) is 13.2 Å². The number of guanidine groups is 1. The molecule has 0 spiro atoms. The molecular weight excluding hydrogens is 338 g/mol. The minimum Gasteiger partial charge on any atom is -0.380 e. The first-order chi connectivity index (χ1) is 13.2. The first kappa shape index (κ1) is 19.2. The summed E-state index contributed by atoms with van der Waals surface area (Å²) >= 11 is 0. The van der Waals surface area contributed by atoms with Crippen molar-refractivity contribution in [1.82, 2.24) is 4.98 Å². The van der Waals surface area contributed by atoms with Crippen LogP contribution >= 0.6 is 0 Å². The Balaban J connectivity index is 1.57. The summed E-state index contributed by atoms with van der Waals surface area (Å²) in [6.07, 6.45) is 4.37. The Morgan fingerprint density at radius 1 is 1.26 bits per heavy atom. The van der Waals surface area contributed by atoms with Crippen molar-refractivity contribution in [3.05, 3.63) is 53.7 Å². The van der Waals surface area contributed by atoms with Crippen LogP contribution in [0.2, 0.25) is 0 Å². The third-order valence-electron chi connectivity index (χ3n) is 4.93. The largest absolute Gasteiger partial charge is 0.380 e. The summed E-state index contributed by atoms with van der Waals surface area (Å²) in [5.41, 5.74) is 9.04. The van der Waals surface area contributed by atoms with Crippen molar-refractivity contribution in [2.45, 2.75) is 32.9 Å². The third kappa shape index (κ3) is 5.44. The molecule has 1 aliphatic rings. The van der Waals surface area contributed by atoms with Crippen LogP contribution in [-0.4, -0.2) is 31.1 Å². The minimum absolute atomic E-state index is 0.382. The number of nitrogens with zero attached hydrogens (tertiary/aromatic N) is 3. The zero-order valence-electron chi connectivity index (χ0n) is 16.2. The SMILES string of the molecule is COCc1ccccc1NC(N)=NCc1ccc(N2CCC(C)CC2)nc1. The van der Waals surface area contributed by atoms with Crippen LogP contribution in [0, 0.1) is 5.92 Å². The van der Waals surface area contributed by atoms with Crippen LogP contribution in [0.4, 0.5) is 11.5 Å². The molecule has 1 saturated heterocycles. The number of aromatic nitrogens is 1. The monoisotopic (exact) mass is 367 g/mol. The van der Waals surface area contributed by atoms with Gasteiger partial charge in [0.25, 0.3) is 0 Å². The summed E-state index contributed by atoms with van der Waals surface area (Å²) in [6, 6.07) is 12.1. The number of ether oxygens (including phenoxy) is 1. The number of benzene rings is 1. The second-order valence-corrected chi connectivity index (χ2v) is 7.11. The zero-order valence-corrected chi connectivity index (χ0v) is 16.2. The molecule has 0 atom stereocenters. The van der Waals surface area contributed by atoms with Gasteiger partial charge in [0.1, 0.15) is 5.82 Å². The Morgan fingerprint density at radius 3 is 2.74 bits per heavy atom. The van der Waals surface area contributed by atoms with E-state index >= 15 is 0 Å². The van der Waals surface area contributed by atoms with Crippen LogP contribution in [-0.2, 0) is 17.9 Å². The lowest BCUT2D eigenvalue weighted by atomic mass is 9.99. The molecule has 6 nitrogen and oxygen atoms in total. The van der Waals surface area contributed by atoms with E-state index in [1.807, 2.05) is 30.5 Å². The minimum atomic E-state index is 0.382. The number of rotatable bonds is 6. The molecule has 2 aromatic rings. The van der Waals surface area contributed by atoms with E-state index in [-0.39, 0.29) is 0 Å². The van der Waals surface area contributed by atoms with Crippen LogP contribution in [0.1, 0.15) is 30.9 Å². The predicted molar refractivity (Wildman–Crippen MR) is 111 cm³/mol. The lowest BCUT2D eigenvalue weighted by Gasteiger charge is -2.31. The molecule has 3 rings (SSSR count). The lowest BCUT2D eigenvalue weighted by Crippen LogP contribution is -2.33. The molecule has 6 heteroatoms. The number of nitrogens with two attached hydrogens (primary N) is 1. The van der Waals surface area contributed by atoms with E-state index in [4.69, 9.17) is 10.5 Å². The Morgan fingerprint density at radius 2 is 2.04 bits per heavy atom. The van der Waals surface area contributed by atoms with E-state index in [0.717, 1.165) is 41.6 Å². The number of nitrogens with one attached hydrogen (secondary N) is 1. The summed E-state index contributed by atoms with van der Waals surface area (Å²) < 4.78 is 5.21. The Bertz CT molecular complexity index is 751. The van der Waals surface area contributed by atoms with Crippen molar-refractivity contribution in [2.75, 3.05) is 30.4 Å². The second kappa shape index (κ2) is 9.37. The zero-order chi connectivity index (χ0) is 19.1. The highest BCUT2D eigenvalue weighted by Gasteiger charge is 2.16. The van der Waals surface area contributed by atoms with Crippen molar-refractivity contribution in [1.29, 1.82) is 0 Å². The number of hydrogen-bond acceptors (Lipinski definition) is 4. The van der Waals surface area contributed by atoms with Crippen LogP contribution in [0.25, 0.3) is 0 Å². The van der Waals surface area contributed by atoms with Gasteiger partial charge in [-0.15, -0.1) is 0 Å². The van der Waals surface area contributed by atoms with Crippen molar-refractivity contribution in [2.24, 2.45) is 16.6 Å². The van der Waals surface area contributed by atoms with Gasteiger partial charge in [-0.1, -0.05) is 31.2 Å². The molecule has 0 unspecified atom stereocenters. The average Bonchev–Trinajstić information content (AvgIpc) is 2.69. The maximum Gasteiger partial charge on any atom is 0.193 e. The van der Waals surface area contributed by atoms with Crippen molar-refractivity contribution >= 4 is 17.5 Å². The molecule has 1 aromatic carbocycles. The molecule has 0 saturated carbocycles. The van der Waals surface area contributed by atoms with E-state index < -0.39 is 0 Å². The van der Waals surface area contributed by atoms with Gasteiger partial charge in [0.2, 0.25) is 0 Å². The van der Waals surface area contributed by atoms with Crippen LogP contribution in [0.15, 0.2) is 47.6 Å². The van der Waals surface area contributed by atoms with E-state index in [9.17, 15) is 0 Å². The molecule has 0 amide bonds. The predicted octanol–water partition coefficient (Wildman–Crippen LogP) is 3.39. The Kier molecular flexibility index (Phi) is 6.65. The topological polar surface area (TPSA) is 75.8 Å². The van der Waals surface area contributed by atoms with Gasteiger partial charge < -0.3 is 20.7 Å². The van der Waals surface area contributed by atoms with Crippen molar-refractivity contribution < 1.29 is 4.74 Å². The molecular formula is C21H29N5O. The molecule has 27 heavy (non-hydrogen) atoms. The summed E-state index contributed by atoms with van der Waals surface area (Å²) in [7, 11) is 1.68. The molecule has 1 aromatic heterocycles. The molecule has 1 aliphatic heterocycles. The number of methoxy groups -OCH3 is 1. The fourth-order valence-electron chi connectivity index (χ4n) is 3.21. The highest BCUT2D eigenvalue weighted by molar-refractivity contribution is 5.92. The quantitative estimate of drug-likeness (QED) is 0.605. The number of pyridine rings is 1. The molecule has 1 fully saturated rings. The number of aliphatic imine (C=N–C) groups is 1. The van der Waals surface area contributed by atoms with Crippen LogP contribution in [0.3, 0.4) is 0 Å². The summed E-state index contributed by atoms with van der Waals surface area (Å²) in [5, 5.41) is 3.15. The van der Waals surface area contributed by atoms with Gasteiger partial charge >= 0.3 is 0 Å². The second-order valence-electron chi connectivity index (χ2n) is 7.11. The molecule has 144 valence electrons. The maximum atomic E-state index is 6.05. The van der Waals surface area contributed by atoms with Crippen LogP contribution < -0.4 is 16.0 Å². The smallest absolute Gasteiger partial charge is 0.193 e. The summed E-state index contributed by atoms with van der Waals surface area (Å²) in [4.78, 5) is 11.4. The number of para-hydroxylation sites is 1. The summed E-state index contributed by atoms with van der Waals surface area (Å²) in [6.45, 7) is 5.51. The van der Waals surface area contributed by atoms with Gasteiger partial charge in [-0.3, -0.25) is 0 Å². The first-order valence-electron chi connectivity index (χ1n) is 9.49. The van der Waals surface area contributed by atoms with Gasteiger partial charge in [-0.2, -0.15) is 0 Å². The normalized spacial score (nSPS) is 15.8. The Labute approximate surface area is 161 Å². The molecule has 0 aliphatic carbocycles. The van der Waals surface area contributed by atoms with E-state index in [1.165, 1.54) is 12.8 Å². The Hall–Kier alpha value is -2.60. The lowest BCUT2D eigenvalue weighted by molar-refractivity contribution is 0.185. The molecule has 2 heterocycles.